The van der Waals surface area contributed by atoms with Crippen LogP contribution in [-0.4, -0.2) is 0 Å². The molecule has 0 atom stereocenters. The van der Waals surface area contributed by atoms with E-state index >= 15 is 0 Å². The molecule has 1 fully saturated rings. The second-order valence-electron chi connectivity index (χ2n) is 5.62. The topological polar surface area (TPSA) is 26.0 Å². The van der Waals surface area contributed by atoms with Crippen molar-refractivity contribution in [2.75, 3.05) is 0 Å². The van der Waals surface area contributed by atoms with Crippen LogP contribution in [0.3, 0.4) is 0 Å². The zero-order chi connectivity index (χ0) is 11.8. The molecule has 2 rings (SSSR count). The summed E-state index contributed by atoms with van der Waals surface area (Å²) >= 11 is 0. The maximum absolute atomic E-state index is 6.42. The molecule has 0 unspecified atom stereocenters. The third-order valence-electron chi connectivity index (χ3n) is 4.04. The van der Waals surface area contributed by atoms with E-state index in [1.807, 2.05) is 0 Å². The van der Waals surface area contributed by atoms with E-state index in [1.54, 1.807) is 0 Å². The maximum Gasteiger partial charge on any atom is 0.0414 e. The van der Waals surface area contributed by atoms with Crippen LogP contribution in [0.4, 0.5) is 0 Å². The van der Waals surface area contributed by atoms with Crippen molar-refractivity contribution in [3.63, 3.8) is 0 Å². The van der Waals surface area contributed by atoms with E-state index in [2.05, 4.69) is 45.0 Å². The zero-order valence-electron chi connectivity index (χ0n) is 10.7. The molecule has 1 heteroatoms. The minimum absolute atomic E-state index is 0.0316. The largest absolute Gasteiger partial charge is 0.321 e. The molecule has 0 radical (unpaired) electrons. The molecule has 0 aromatic heterocycles. The van der Waals surface area contributed by atoms with Crippen LogP contribution in [0.15, 0.2) is 24.3 Å². The molecule has 0 aliphatic heterocycles. The Kier molecular flexibility index (Phi) is 3.07. The van der Waals surface area contributed by atoms with Gasteiger partial charge in [0.1, 0.15) is 0 Å². The fourth-order valence-corrected chi connectivity index (χ4v) is 2.69. The van der Waals surface area contributed by atoms with Crippen LogP contribution in [-0.2, 0) is 5.54 Å². The first-order valence-electron chi connectivity index (χ1n) is 6.44. The van der Waals surface area contributed by atoms with Gasteiger partial charge < -0.3 is 5.73 Å². The van der Waals surface area contributed by atoms with Crippen molar-refractivity contribution < 1.29 is 0 Å². The smallest absolute Gasteiger partial charge is 0.0414 e. The molecular formula is C15H23N. The lowest BCUT2D eigenvalue weighted by atomic mass is 9.64. The van der Waals surface area contributed by atoms with Crippen LogP contribution in [0.2, 0.25) is 0 Å². The van der Waals surface area contributed by atoms with E-state index in [1.165, 1.54) is 17.5 Å². The number of benzene rings is 1. The van der Waals surface area contributed by atoms with Gasteiger partial charge in [0.05, 0.1) is 0 Å². The summed E-state index contributed by atoms with van der Waals surface area (Å²) in [6.45, 7) is 6.71. The lowest BCUT2D eigenvalue weighted by Gasteiger charge is -2.45. The highest BCUT2D eigenvalue weighted by Gasteiger charge is 2.40. The molecule has 1 aliphatic carbocycles. The van der Waals surface area contributed by atoms with E-state index in [9.17, 15) is 0 Å². The summed E-state index contributed by atoms with van der Waals surface area (Å²) in [7, 11) is 0. The van der Waals surface area contributed by atoms with Crippen LogP contribution in [0.1, 0.15) is 57.1 Å². The normalized spacial score (nSPS) is 29.2. The van der Waals surface area contributed by atoms with E-state index in [0.717, 1.165) is 18.8 Å². The first-order chi connectivity index (χ1) is 7.55. The molecule has 88 valence electrons. The quantitative estimate of drug-likeness (QED) is 0.819. The van der Waals surface area contributed by atoms with Crippen molar-refractivity contribution in [2.24, 2.45) is 11.7 Å². The molecule has 1 aromatic rings. The minimum atomic E-state index is -0.0316. The zero-order valence-corrected chi connectivity index (χ0v) is 10.7. The molecular weight excluding hydrogens is 194 g/mol. The van der Waals surface area contributed by atoms with Gasteiger partial charge in [0, 0.05) is 5.54 Å². The van der Waals surface area contributed by atoms with Crippen LogP contribution in [0.25, 0.3) is 0 Å². The van der Waals surface area contributed by atoms with Gasteiger partial charge in [-0.3, -0.25) is 0 Å². The summed E-state index contributed by atoms with van der Waals surface area (Å²) < 4.78 is 0. The van der Waals surface area contributed by atoms with Crippen molar-refractivity contribution in [3.8, 4) is 0 Å². The Labute approximate surface area is 99.0 Å². The molecule has 1 saturated carbocycles. The fraction of sp³-hybridized carbons (Fsp3) is 0.600. The number of hydrogen-bond donors (Lipinski definition) is 1. The van der Waals surface area contributed by atoms with Gasteiger partial charge in [-0.2, -0.15) is 0 Å². The predicted octanol–water partition coefficient (Wildman–Crippen LogP) is 3.78. The molecule has 0 amide bonds. The summed E-state index contributed by atoms with van der Waals surface area (Å²) in [5.41, 5.74) is 9.11. The second-order valence-corrected chi connectivity index (χ2v) is 5.62. The monoisotopic (exact) mass is 217 g/mol. The molecule has 16 heavy (non-hydrogen) atoms. The third kappa shape index (κ3) is 2.01. The Morgan fingerprint density at radius 3 is 2.25 bits per heavy atom. The van der Waals surface area contributed by atoms with Gasteiger partial charge in [-0.15, -0.1) is 0 Å². The van der Waals surface area contributed by atoms with Crippen molar-refractivity contribution in [3.05, 3.63) is 35.4 Å². The first kappa shape index (κ1) is 11.7. The van der Waals surface area contributed by atoms with Gasteiger partial charge in [0.2, 0.25) is 0 Å². The molecule has 0 bridgehead atoms. The molecule has 0 heterocycles. The highest BCUT2D eigenvalue weighted by molar-refractivity contribution is 5.31. The SMILES string of the molecule is CCC1CC(N)(c2ccc(C(C)C)cc2)C1. The average Bonchev–Trinajstić information content (AvgIpc) is 2.25. The average molecular weight is 217 g/mol. The maximum atomic E-state index is 6.42. The number of hydrogen-bond acceptors (Lipinski definition) is 1. The summed E-state index contributed by atoms with van der Waals surface area (Å²) in [6.07, 6.45) is 3.58. The van der Waals surface area contributed by atoms with E-state index in [4.69, 9.17) is 5.73 Å². The summed E-state index contributed by atoms with van der Waals surface area (Å²) in [6, 6.07) is 8.91. The van der Waals surface area contributed by atoms with Crippen molar-refractivity contribution >= 4 is 0 Å². The van der Waals surface area contributed by atoms with Gasteiger partial charge in [0.25, 0.3) is 0 Å². The second kappa shape index (κ2) is 4.21. The minimum Gasteiger partial charge on any atom is -0.321 e. The van der Waals surface area contributed by atoms with E-state index in [0.29, 0.717) is 5.92 Å². The lowest BCUT2D eigenvalue weighted by Crippen LogP contribution is -2.48. The lowest BCUT2D eigenvalue weighted by molar-refractivity contribution is 0.143. The molecule has 1 aromatic carbocycles. The highest BCUT2D eigenvalue weighted by Crippen LogP contribution is 2.45. The van der Waals surface area contributed by atoms with E-state index < -0.39 is 0 Å². The fourth-order valence-electron chi connectivity index (χ4n) is 2.69. The summed E-state index contributed by atoms with van der Waals surface area (Å²) in [4.78, 5) is 0. The third-order valence-corrected chi connectivity index (χ3v) is 4.04. The summed E-state index contributed by atoms with van der Waals surface area (Å²) in [5, 5.41) is 0. The van der Waals surface area contributed by atoms with Gasteiger partial charge in [0.15, 0.2) is 0 Å². The summed E-state index contributed by atoms with van der Waals surface area (Å²) in [5.74, 6) is 1.45. The predicted molar refractivity (Wildman–Crippen MR) is 69.4 cm³/mol. The van der Waals surface area contributed by atoms with Crippen molar-refractivity contribution in [2.45, 2.75) is 51.5 Å². The Morgan fingerprint density at radius 1 is 1.25 bits per heavy atom. The Balaban J connectivity index is 2.11. The van der Waals surface area contributed by atoms with Gasteiger partial charge in [-0.25, -0.2) is 0 Å². The van der Waals surface area contributed by atoms with Gasteiger partial charge in [-0.05, 0) is 35.8 Å². The van der Waals surface area contributed by atoms with E-state index in [-0.39, 0.29) is 5.54 Å². The Hall–Kier alpha value is -0.820. The Bertz CT molecular complexity index is 344. The highest BCUT2D eigenvalue weighted by atomic mass is 14.8. The molecule has 1 nitrogen and oxygen atoms in total. The van der Waals surface area contributed by atoms with Gasteiger partial charge >= 0.3 is 0 Å². The van der Waals surface area contributed by atoms with Crippen LogP contribution >= 0.6 is 0 Å². The van der Waals surface area contributed by atoms with Crippen molar-refractivity contribution in [1.29, 1.82) is 0 Å². The number of rotatable bonds is 3. The molecule has 0 saturated heterocycles. The van der Waals surface area contributed by atoms with Crippen LogP contribution in [0, 0.1) is 5.92 Å². The Morgan fingerprint density at radius 2 is 1.81 bits per heavy atom. The molecule has 1 aliphatic rings. The standard InChI is InChI=1S/C15H23N/c1-4-12-9-15(16,10-12)14-7-5-13(6-8-14)11(2)3/h5-8,11-12H,4,9-10,16H2,1-3H3. The van der Waals surface area contributed by atoms with Crippen LogP contribution in [0.5, 0.6) is 0 Å². The first-order valence-corrected chi connectivity index (χ1v) is 6.44. The van der Waals surface area contributed by atoms with Crippen LogP contribution < -0.4 is 5.73 Å². The van der Waals surface area contributed by atoms with Gasteiger partial charge in [-0.1, -0.05) is 51.5 Å². The number of nitrogens with two attached hydrogens (primary N) is 1. The molecule has 0 spiro atoms. The molecule has 2 N–H and O–H groups in total. The van der Waals surface area contributed by atoms with Crippen molar-refractivity contribution in [1.82, 2.24) is 0 Å².